The summed E-state index contributed by atoms with van der Waals surface area (Å²) >= 11 is 0. The first-order valence-electron chi connectivity index (χ1n) is 9.61. The third kappa shape index (κ3) is 4.00. The van der Waals surface area contributed by atoms with Gasteiger partial charge in [0, 0.05) is 43.9 Å². The molecule has 1 fully saturated rings. The predicted octanol–water partition coefficient (Wildman–Crippen LogP) is 1.94. The van der Waals surface area contributed by atoms with E-state index in [-0.39, 0.29) is 12.0 Å². The SMILES string of the molecule is CCCCn1nc(C(=O)NN2CCCCC2)c2c1CCN(C(=O)OC)C2. The number of fused-ring (bicyclic) bond motifs is 1. The lowest BCUT2D eigenvalue weighted by atomic mass is 10.0. The molecule has 8 nitrogen and oxygen atoms in total. The third-order valence-electron chi connectivity index (χ3n) is 5.12. The Morgan fingerprint density at radius 2 is 1.96 bits per heavy atom. The highest BCUT2D eigenvalue weighted by atomic mass is 16.5. The van der Waals surface area contributed by atoms with Gasteiger partial charge in [-0.2, -0.15) is 5.10 Å². The van der Waals surface area contributed by atoms with Crippen molar-refractivity contribution in [3.8, 4) is 0 Å². The molecule has 144 valence electrons. The van der Waals surface area contributed by atoms with Crippen molar-refractivity contribution in [3.63, 3.8) is 0 Å². The van der Waals surface area contributed by atoms with Gasteiger partial charge < -0.3 is 9.64 Å². The normalized spacial score (nSPS) is 17.7. The van der Waals surface area contributed by atoms with Crippen molar-refractivity contribution in [2.45, 2.75) is 58.5 Å². The number of carbonyl (C=O) groups is 2. The molecular formula is C18H29N5O3. The summed E-state index contributed by atoms with van der Waals surface area (Å²) in [5.41, 5.74) is 5.36. The van der Waals surface area contributed by atoms with Crippen molar-refractivity contribution in [1.29, 1.82) is 0 Å². The number of hydrazine groups is 1. The van der Waals surface area contributed by atoms with Crippen LogP contribution in [0.3, 0.4) is 0 Å². The van der Waals surface area contributed by atoms with E-state index in [0.717, 1.165) is 56.6 Å². The molecule has 2 aliphatic rings. The Morgan fingerprint density at radius 3 is 2.65 bits per heavy atom. The Morgan fingerprint density at radius 1 is 1.19 bits per heavy atom. The molecule has 1 saturated heterocycles. The molecule has 1 N–H and O–H groups in total. The van der Waals surface area contributed by atoms with Gasteiger partial charge in [0.25, 0.3) is 5.91 Å². The summed E-state index contributed by atoms with van der Waals surface area (Å²) in [6, 6.07) is 0. The van der Waals surface area contributed by atoms with Crippen molar-refractivity contribution in [2.75, 3.05) is 26.7 Å². The number of amides is 2. The average molecular weight is 363 g/mol. The van der Waals surface area contributed by atoms with Gasteiger partial charge in [0.05, 0.1) is 13.7 Å². The molecule has 26 heavy (non-hydrogen) atoms. The molecule has 0 unspecified atom stereocenters. The van der Waals surface area contributed by atoms with Gasteiger partial charge in [0.1, 0.15) is 0 Å². The van der Waals surface area contributed by atoms with Crippen LogP contribution in [0.25, 0.3) is 0 Å². The minimum absolute atomic E-state index is 0.176. The summed E-state index contributed by atoms with van der Waals surface area (Å²) in [6.07, 6.45) is 5.82. The van der Waals surface area contributed by atoms with Gasteiger partial charge in [-0.05, 0) is 19.3 Å². The Hall–Kier alpha value is -2.09. The van der Waals surface area contributed by atoms with E-state index in [2.05, 4.69) is 17.4 Å². The topological polar surface area (TPSA) is 79.7 Å². The number of nitrogens with one attached hydrogen (secondary N) is 1. The molecule has 2 amide bonds. The highest BCUT2D eigenvalue weighted by Gasteiger charge is 2.31. The zero-order valence-corrected chi connectivity index (χ0v) is 15.8. The summed E-state index contributed by atoms with van der Waals surface area (Å²) in [7, 11) is 1.38. The summed E-state index contributed by atoms with van der Waals surface area (Å²) < 4.78 is 6.81. The molecule has 1 aromatic heterocycles. The van der Waals surface area contributed by atoms with Crippen LogP contribution < -0.4 is 5.43 Å². The van der Waals surface area contributed by atoms with Crippen LogP contribution in [0.1, 0.15) is 60.8 Å². The van der Waals surface area contributed by atoms with E-state index in [0.29, 0.717) is 25.2 Å². The van der Waals surface area contributed by atoms with Gasteiger partial charge in [-0.25, -0.2) is 9.80 Å². The predicted molar refractivity (Wildman–Crippen MR) is 96.5 cm³/mol. The average Bonchev–Trinajstić information content (AvgIpc) is 3.04. The van der Waals surface area contributed by atoms with E-state index in [1.54, 1.807) is 4.90 Å². The van der Waals surface area contributed by atoms with Gasteiger partial charge in [-0.1, -0.05) is 19.8 Å². The van der Waals surface area contributed by atoms with Crippen molar-refractivity contribution < 1.29 is 14.3 Å². The molecule has 1 aromatic rings. The zero-order valence-electron chi connectivity index (χ0n) is 15.8. The number of ether oxygens (including phenoxy) is 1. The molecule has 0 bridgehead atoms. The summed E-state index contributed by atoms with van der Waals surface area (Å²) in [4.78, 5) is 26.4. The molecule has 3 rings (SSSR count). The largest absolute Gasteiger partial charge is 0.453 e. The first kappa shape index (κ1) is 18.7. The first-order valence-corrected chi connectivity index (χ1v) is 9.61. The van der Waals surface area contributed by atoms with Crippen LogP contribution in [0, 0.1) is 0 Å². The fourth-order valence-corrected chi connectivity index (χ4v) is 3.65. The van der Waals surface area contributed by atoms with Gasteiger partial charge in [-0.3, -0.25) is 14.9 Å². The fourth-order valence-electron chi connectivity index (χ4n) is 3.65. The second-order valence-corrected chi connectivity index (χ2v) is 6.98. The van der Waals surface area contributed by atoms with Gasteiger partial charge in [0.15, 0.2) is 5.69 Å². The van der Waals surface area contributed by atoms with Crippen molar-refractivity contribution in [1.82, 2.24) is 25.1 Å². The van der Waals surface area contributed by atoms with Crippen molar-refractivity contribution in [2.24, 2.45) is 0 Å². The van der Waals surface area contributed by atoms with Crippen molar-refractivity contribution in [3.05, 3.63) is 17.0 Å². The number of rotatable bonds is 5. The molecule has 0 aliphatic carbocycles. The minimum Gasteiger partial charge on any atom is -0.453 e. The second kappa shape index (κ2) is 8.53. The lowest BCUT2D eigenvalue weighted by Crippen LogP contribution is -2.45. The molecule has 2 aliphatic heterocycles. The monoisotopic (exact) mass is 363 g/mol. The van der Waals surface area contributed by atoms with Gasteiger partial charge in [-0.15, -0.1) is 0 Å². The maximum Gasteiger partial charge on any atom is 0.409 e. The van der Waals surface area contributed by atoms with Crippen LogP contribution in [-0.2, 0) is 24.2 Å². The molecular weight excluding hydrogens is 334 g/mol. The minimum atomic E-state index is -0.362. The number of nitrogens with zero attached hydrogens (tertiary/aromatic N) is 4. The van der Waals surface area contributed by atoms with E-state index in [1.807, 2.05) is 9.69 Å². The summed E-state index contributed by atoms with van der Waals surface area (Å²) in [5, 5.41) is 6.59. The smallest absolute Gasteiger partial charge is 0.409 e. The number of piperidine rings is 1. The molecule has 0 saturated carbocycles. The van der Waals surface area contributed by atoms with Crippen LogP contribution in [0.15, 0.2) is 0 Å². The Labute approximate surface area is 154 Å². The highest BCUT2D eigenvalue weighted by Crippen LogP contribution is 2.24. The lowest BCUT2D eigenvalue weighted by Gasteiger charge is -2.28. The molecule has 0 atom stereocenters. The van der Waals surface area contributed by atoms with Crippen LogP contribution in [-0.4, -0.2) is 58.4 Å². The molecule has 0 spiro atoms. The number of methoxy groups -OCH3 is 1. The fraction of sp³-hybridized carbons (Fsp3) is 0.722. The Kier molecular flexibility index (Phi) is 6.13. The number of hydrogen-bond acceptors (Lipinski definition) is 5. The quantitative estimate of drug-likeness (QED) is 0.865. The van der Waals surface area contributed by atoms with E-state index >= 15 is 0 Å². The van der Waals surface area contributed by atoms with E-state index in [4.69, 9.17) is 4.74 Å². The maximum absolute atomic E-state index is 12.9. The first-order chi connectivity index (χ1) is 12.6. The number of hydrogen-bond donors (Lipinski definition) is 1. The van der Waals surface area contributed by atoms with E-state index in [9.17, 15) is 9.59 Å². The summed E-state index contributed by atoms with van der Waals surface area (Å²) in [6.45, 7) is 5.64. The number of aromatic nitrogens is 2. The summed E-state index contributed by atoms with van der Waals surface area (Å²) in [5.74, 6) is -0.176. The van der Waals surface area contributed by atoms with Crippen LogP contribution in [0.5, 0.6) is 0 Å². The molecule has 3 heterocycles. The maximum atomic E-state index is 12.9. The van der Waals surface area contributed by atoms with Crippen molar-refractivity contribution >= 4 is 12.0 Å². The van der Waals surface area contributed by atoms with Crippen LogP contribution in [0.4, 0.5) is 4.79 Å². The second-order valence-electron chi connectivity index (χ2n) is 6.98. The molecule has 0 aromatic carbocycles. The van der Waals surface area contributed by atoms with Crippen LogP contribution >= 0.6 is 0 Å². The van der Waals surface area contributed by atoms with E-state index < -0.39 is 0 Å². The lowest BCUT2D eigenvalue weighted by molar-refractivity contribution is 0.0740. The van der Waals surface area contributed by atoms with Crippen LogP contribution in [0.2, 0.25) is 0 Å². The number of carbonyl (C=O) groups excluding carboxylic acids is 2. The number of unbranched alkanes of at least 4 members (excludes halogenated alkanes) is 1. The standard InChI is InChI=1S/C18H29N5O3/c1-3-4-11-23-15-8-12-21(18(25)26-2)13-14(15)16(19-23)17(24)20-22-9-6-5-7-10-22/h3-13H2,1-2H3,(H,20,24). The van der Waals surface area contributed by atoms with Gasteiger partial charge in [0.2, 0.25) is 0 Å². The Bertz CT molecular complexity index is 651. The molecule has 8 heteroatoms. The zero-order chi connectivity index (χ0) is 18.5. The van der Waals surface area contributed by atoms with E-state index in [1.165, 1.54) is 13.5 Å². The third-order valence-corrected chi connectivity index (χ3v) is 5.12. The molecule has 0 radical (unpaired) electrons. The number of aryl methyl sites for hydroxylation is 1. The Balaban J connectivity index is 1.82. The van der Waals surface area contributed by atoms with Gasteiger partial charge >= 0.3 is 6.09 Å². The highest BCUT2D eigenvalue weighted by molar-refractivity contribution is 5.93.